The number of aliphatic hydroxyl groups is 1. The van der Waals surface area contributed by atoms with Gasteiger partial charge < -0.3 is 10.4 Å². The summed E-state index contributed by atoms with van der Waals surface area (Å²) < 4.78 is 26.4. The zero-order valence-corrected chi connectivity index (χ0v) is 12.2. The molecule has 0 bridgehead atoms. The molecule has 1 fully saturated rings. The van der Waals surface area contributed by atoms with Gasteiger partial charge in [-0.1, -0.05) is 24.0 Å². The molecule has 1 aliphatic heterocycles. The summed E-state index contributed by atoms with van der Waals surface area (Å²) >= 11 is 0. The van der Waals surface area contributed by atoms with Crippen LogP contribution in [0.5, 0.6) is 0 Å². The molecule has 1 saturated heterocycles. The first-order chi connectivity index (χ1) is 10.1. The average molecular weight is 308 g/mol. The second-order valence-corrected chi connectivity index (χ2v) is 6.37. The molecular weight excluding hydrogens is 292 g/mol. The van der Waals surface area contributed by atoms with Crippen LogP contribution in [0, 0.1) is 11.8 Å². The molecule has 0 saturated carbocycles. The highest BCUT2D eigenvalue weighted by molar-refractivity contribution is 7.89. The smallest absolute Gasteiger partial charge is 0.244 e. The molecule has 2 N–H and O–H groups in total. The second-order valence-electron chi connectivity index (χ2n) is 4.46. The van der Waals surface area contributed by atoms with Gasteiger partial charge in [0, 0.05) is 25.1 Å². The number of carbonyl (C=O) groups excluding carboxylic acids is 1. The fourth-order valence-electron chi connectivity index (χ4n) is 1.97. The van der Waals surface area contributed by atoms with Gasteiger partial charge in [0.2, 0.25) is 15.9 Å². The molecule has 0 aliphatic carbocycles. The summed E-state index contributed by atoms with van der Waals surface area (Å²) in [6.07, 6.45) is 0.278. The van der Waals surface area contributed by atoms with Gasteiger partial charge in [0.15, 0.2) is 0 Å². The average Bonchev–Trinajstić information content (AvgIpc) is 2.48. The van der Waals surface area contributed by atoms with E-state index in [0.717, 1.165) is 4.31 Å². The Morgan fingerprint density at radius 3 is 2.81 bits per heavy atom. The van der Waals surface area contributed by atoms with E-state index in [1.165, 1.54) is 6.07 Å². The van der Waals surface area contributed by atoms with Gasteiger partial charge in [-0.2, -0.15) is 4.31 Å². The number of nitrogens with one attached hydrogen (secondary N) is 1. The maximum absolute atomic E-state index is 12.6. The first-order valence-corrected chi connectivity index (χ1v) is 7.95. The highest BCUT2D eigenvalue weighted by Crippen LogP contribution is 2.20. The molecule has 7 heteroatoms. The van der Waals surface area contributed by atoms with Gasteiger partial charge in [-0.15, -0.1) is 0 Å². The van der Waals surface area contributed by atoms with Gasteiger partial charge in [-0.25, -0.2) is 8.42 Å². The van der Waals surface area contributed by atoms with Crippen molar-refractivity contribution in [1.29, 1.82) is 0 Å². The zero-order valence-electron chi connectivity index (χ0n) is 11.4. The molecule has 1 heterocycles. The van der Waals surface area contributed by atoms with E-state index in [2.05, 4.69) is 17.2 Å². The fraction of sp³-hybridized carbons (Fsp3) is 0.357. The topological polar surface area (TPSA) is 86.7 Å². The Hall–Kier alpha value is -1.88. The summed E-state index contributed by atoms with van der Waals surface area (Å²) in [5.74, 6) is 5.16. The number of piperazine rings is 1. The Morgan fingerprint density at radius 1 is 1.33 bits per heavy atom. The Morgan fingerprint density at radius 2 is 2.10 bits per heavy atom. The van der Waals surface area contributed by atoms with Crippen LogP contribution in [0.25, 0.3) is 0 Å². The molecule has 6 nitrogen and oxygen atoms in total. The summed E-state index contributed by atoms with van der Waals surface area (Å²) in [5.41, 5.74) is 0.372. The molecule has 21 heavy (non-hydrogen) atoms. The number of sulfonamides is 1. The molecule has 1 amide bonds. The normalized spacial score (nSPS) is 16.0. The van der Waals surface area contributed by atoms with Gasteiger partial charge in [-0.05, 0) is 12.1 Å². The molecule has 0 aromatic heterocycles. The van der Waals surface area contributed by atoms with Crippen LogP contribution in [0.2, 0.25) is 0 Å². The largest absolute Gasteiger partial charge is 0.395 e. The second kappa shape index (κ2) is 6.72. The molecule has 1 aromatic rings. The van der Waals surface area contributed by atoms with E-state index in [0.29, 0.717) is 12.1 Å². The van der Waals surface area contributed by atoms with Crippen LogP contribution in [-0.2, 0) is 14.8 Å². The molecule has 0 radical (unpaired) electrons. The van der Waals surface area contributed by atoms with E-state index in [9.17, 15) is 13.2 Å². The first-order valence-electron chi connectivity index (χ1n) is 6.51. The lowest BCUT2D eigenvalue weighted by molar-refractivity contribution is -0.122. The highest BCUT2D eigenvalue weighted by atomic mass is 32.2. The number of hydrogen-bond acceptors (Lipinski definition) is 4. The van der Waals surface area contributed by atoms with Crippen molar-refractivity contribution in [2.75, 3.05) is 26.2 Å². The van der Waals surface area contributed by atoms with E-state index >= 15 is 0 Å². The van der Waals surface area contributed by atoms with Crippen molar-refractivity contribution in [2.45, 2.75) is 11.3 Å². The van der Waals surface area contributed by atoms with E-state index in [1.54, 1.807) is 18.2 Å². The number of nitrogens with zero attached hydrogens (tertiary/aromatic N) is 1. The number of aliphatic hydroxyl groups excluding tert-OH is 1. The van der Waals surface area contributed by atoms with Crippen LogP contribution in [-0.4, -0.2) is 50.0 Å². The Labute approximate surface area is 123 Å². The number of carbonyl (C=O) groups is 1. The Bertz CT molecular complexity index is 688. The predicted molar refractivity (Wildman–Crippen MR) is 76.8 cm³/mol. The van der Waals surface area contributed by atoms with E-state index < -0.39 is 10.0 Å². The van der Waals surface area contributed by atoms with Crippen LogP contribution in [0.4, 0.5) is 0 Å². The molecule has 112 valence electrons. The third-order valence-electron chi connectivity index (χ3n) is 2.97. The maximum atomic E-state index is 12.6. The summed E-state index contributed by atoms with van der Waals surface area (Å²) in [6.45, 7) is 0.290. The van der Waals surface area contributed by atoms with E-state index in [4.69, 9.17) is 5.11 Å². The Kier molecular flexibility index (Phi) is 4.96. The lowest BCUT2D eigenvalue weighted by Crippen LogP contribution is -2.49. The monoisotopic (exact) mass is 308 g/mol. The minimum absolute atomic E-state index is 0.0752. The molecule has 2 rings (SSSR count). The van der Waals surface area contributed by atoms with Crippen LogP contribution < -0.4 is 5.32 Å². The molecule has 1 aromatic carbocycles. The third-order valence-corrected chi connectivity index (χ3v) is 4.87. The Balaban J connectivity index is 2.36. The lowest BCUT2D eigenvalue weighted by atomic mass is 10.2. The van der Waals surface area contributed by atoms with Crippen molar-refractivity contribution in [2.24, 2.45) is 0 Å². The van der Waals surface area contributed by atoms with E-state index in [1.807, 2.05) is 0 Å². The number of rotatable bonds is 3. The van der Waals surface area contributed by atoms with Gasteiger partial charge in [0.1, 0.15) is 0 Å². The van der Waals surface area contributed by atoms with Crippen LogP contribution in [0.3, 0.4) is 0 Å². The van der Waals surface area contributed by atoms with Crippen molar-refractivity contribution >= 4 is 15.9 Å². The fourth-order valence-corrected chi connectivity index (χ4v) is 3.51. The SMILES string of the molecule is O=C1CN(S(=O)(=O)c2ccccc2C#CCCO)CCN1. The molecule has 0 spiro atoms. The van der Waals surface area contributed by atoms with E-state index in [-0.39, 0.29) is 36.9 Å². The molecule has 0 atom stereocenters. The van der Waals surface area contributed by atoms with Crippen molar-refractivity contribution < 1.29 is 18.3 Å². The van der Waals surface area contributed by atoms with Crippen molar-refractivity contribution in [3.05, 3.63) is 29.8 Å². The highest BCUT2D eigenvalue weighted by Gasteiger charge is 2.30. The minimum Gasteiger partial charge on any atom is -0.395 e. The number of amides is 1. The lowest BCUT2D eigenvalue weighted by Gasteiger charge is -2.26. The standard InChI is InChI=1S/C14H16N2O4S/c17-10-4-3-6-12-5-1-2-7-13(12)21(19,20)16-9-8-15-14(18)11-16/h1-2,5,7,17H,4,8-11H2,(H,15,18). The third kappa shape index (κ3) is 3.61. The number of benzene rings is 1. The van der Waals surface area contributed by atoms with Gasteiger partial charge in [0.25, 0.3) is 0 Å². The zero-order chi connectivity index (χ0) is 15.3. The van der Waals surface area contributed by atoms with Crippen LogP contribution in [0.15, 0.2) is 29.2 Å². The first kappa shape index (κ1) is 15.5. The van der Waals surface area contributed by atoms with Gasteiger partial charge >= 0.3 is 0 Å². The molecular formula is C14H16N2O4S. The van der Waals surface area contributed by atoms with Gasteiger partial charge in [0.05, 0.1) is 18.0 Å². The quantitative estimate of drug-likeness (QED) is 0.740. The van der Waals surface area contributed by atoms with Crippen molar-refractivity contribution in [3.8, 4) is 11.8 Å². The molecule has 1 aliphatic rings. The summed E-state index contributed by atoms with van der Waals surface area (Å²) in [5, 5.41) is 11.3. The maximum Gasteiger partial charge on any atom is 0.244 e. The van der Waals surface area contributed by atoms with Gasteiger partial charge in [-0.3, -0.25) is 4.79 Å². The molecule has 0 unspecified atom stereocenters. The van der Waals surface area contributed by atoms with Crippen molar-refractivity contribution in [1.82, 2.24) is 9.62 Å². The van der Waals surface area contributed by atoms with Crippen LogP contribution in [0.1, 0.15) is 12.0 Å². The summed E-state index contributed by atoms with van der Waals surface area (Å²) in [6, 6.07) is 6.41. The predicted octanol–water partition coefficient (Wildman–Crippen LogP) is -0.459. The van der Waals surface area contributed by atoms with Crippen LogP contribution >= 0.6 is 0 Å². The number of hydrogen-bond donors (Lipinski definition) is 2. The summed E-state index contributed by atoms with van der Waals surface area (Å²) in [7, 11) is -3.76. The minimum atomic E-state index is -3.76. The summed E-state index contributed by atoms with van der Waals surface area (Å²) in [4.78, 5) is 11.5. The van der Waals surface area contributed by atoms with Crippen molar-refractivity contribution in [3.63, 3.8) is 0 Å².